The number of hydrogen-bond donors (Lipinski definition) is 0. The van der Waals surface area contributed by atoms with Gasteiger partial charge in [-0.1, -0.05) is 61.0 Å². The van der Waals surface area contributed by atoms with Crippen LogP contribution in [0, 0.1) is 0 Å². The summed E-state index contributed by atoms with van der Waals surface area (Å²) < 4.78 is 6.76. The second-order valence-electron chi connectivity index (χ2n) is 9.51. The number of nitrogens with zero attached hydrogens (tertiary/aromatic N) is 2. The van der Waals surface area contributed by atoms with Crippen molar-refractivity contribution in [3.63, 3.8) is 0 Å². The topological polar surface area (TPSA) is 42.4 Å². The average molecular weight is 481 g/mol. The summed E-state index contributed by atoms with van der Waals surface area (Å²) in [6.45, 7) is 11.8. The molecule has 0 saturated carbocycles. The molecule has 4 nitrogen and oxygen atoms in total. The highest BCUT2D eigenvalue weighted by Crippen LogP contribution is 2.30. The molecule has 162 valence electrons. The third kappa shape index (κ3) is 4.68. The average Bonchev–Trinajstić information content (AvgIpc) is 2.71. The molecule has 0 N–H and O–H groups in total. The van der Waals surface area contributed by atoms with Gasteiger partial charge < -0.3 is 9.64 Å². The Morgan fingerprint density at radius 1 is 1.03 bits per heavy atom. The van der Waals surface area contributed by atoms with E-state index in [0.717, 1.165) is 26.6 Å². The van der Waals surface area contributed by atoms with E-state index >= 15 is 0 Å². The van der Waals surface area contributed by atoms with Crippen LogP contribution in [0.3, 0.4) is 0 Å². The van der Waals surface area contributed by atoms with E-state index < -0.39 is 0 Å². The molecule has 0 radical (unpaired) electrons. The first-order chi connectivity index (χ1) is 14.6. The number of morpholine rings is 1. The number of halogens is 1. The number of fused-ring (bicyclic) bond motifs is 1. The summed E-state index contributed by atoms with van der Waals surface area (Å²) in [5.74, 6) is 0.0278. The van der Waals surface area contributed by atoms with E-state index in [1.54, 1.807) is 0 Å². The normalized spacial score (nSPS) is 19.6. The van der Waals surface area contributed by atoms with Crippen LogP contribution >= 0.6 is 15.9 Å². The van der Waals surface area contributed by atoms with Gasteiger partial charge in [0.1, 0.15) is 0 Å². The summed E-state index contributed by atoms with van der Waals surface area (Å²) >= 11 is 3.55. The van der Waals surface area contributed by atoms with Crippen LogP contribution in [0.5, 0.6) is 0 Å². The molecule has 2 heterocycles. The molecule has 3 aromatic rings. The van der Waals surface area contributed by atoms with Gasteiger partial charge in [0.25, 0.3) is 5.91 Å². The molecule has 1 aliphatic rings. The molecule has 2 atom stereocenters. The van der Waals surface area contributed by atoms with Crippen molar-refractivity contribution >= 4 is 32.7 Å². The molecule has 2 unspecified atom stereocenters. The van der Waals surface area contributed by atoms with Gasteiger partial charge in [-0.05, 0) is 49.1 Å². The number of carbonyl (C=O) groups excluding carboxylic acids is 1. The van der Waals surface area contributed by atoms with Crippen molar-refractivity contribution in [3.05, 3.63) is 64.1 Å². The molecular formula is C26H29BrN2O2. The van der Waals surface area contributed by atoms with Gasteiger partial charge in [0.05, 0.1) is 29.0 Å². The summed E-state index contributed by atoms with van der Waals surface area (Å²) in [5.41, 5.74) is 4.69. The SMILES string of the molecule is CC1CN(C(=O)c2cc(-c3ccc(C(C)(C)C)cc3)nc3ccc(Br)cc23)CC(C)O1. The van der Waals surface area contributed by atoms with Crippen molar-refractivity contribution in [2.45, 2.75) is 52.2 Å². The van der Waals surface area contributed by atoms with Gasteiger partial charge in [-0.2, -0.15) is 0 Å². The lowest BCUT2D eigenvalue weighted by atomic mass is 9.86. The molecule has 0 spiro atoms. The molecule has 2 aromatic carbocycles. The van der Waals surface area contributed by atoms with Crippen LogP contribution < -0.4 is 0 Å². The standard InChI is InChI=1S/C26H29BrN2O2/c1-16-14-29(15-17(2)31-16)25(30)22-13-24(28-23-11-10-20(27)12-21(22)23)18-6-8-19(9-7-18)26(3,4)5/h6-13,16-17H,14-15H2,1-5H3. The molecule has 1 fully saturated rings. The van der Waals surface area contributed by atoms with Crippen LogP contribution in [-0.4, -0.2) is 41.1 Å². The summed E-state index contributed by atoms with van der Waals surface area (Å²) in [6, 6.07) is 16.3. The number of amides is 1. The Balaban J connectivity index is 1.80. The number of rotatable bonds is 2. The van der Waals surface area contributed by atoms with Crippen molar-refractivity contribution in [3.8, 4) is 11.3 Å². The summed E-state index contributed by atoms with van der Waals surface area (Å²) in [7, 11) is 0. The quantitative estimate of drug-likeness (QED) is 0.437. The number of aromatic nitrogens is 1. The van der Waals surface area contributed by atoms with E-state index in [0.29, 0.717) is 18.7 Å². The smallest absolute Gasteiger partial charge is 0.254 e. The molecule has 5 heteroatoms. The van der Waals surface area contributed by atoms with Crippen LogP contribution in [0.25, 0.3) is 22.2 Å². The molecule has 4 rings (SSSR count). The Bertz CT molecular complexity index is 1110. The van der Waals surface area contributed by atoms with Gasteiger partial charge in [-0.3, -0.25) is 4.79 Å². The number of pyridine rings is 1. The maximum absolute atomic E-state index is 13.6. The molecule has 1 amide bonds. The number of ether oxygens (including phenoxy) is 1. The zero-order valence-electron chi connectivity index (χ0n) is 18.8. The minimum atomic E-state index is 0.0250. The lowest BCUT2D eigenvalue weighted by Crippen LogP contribution is -2.48. The number of carbonyl (C=O) groups is 1. The Kier molecular flexibility index (Phi) is 5.93. The van der Waals surface area contributed by atoms with Gasteiger partial charge in [0.15, 0.2) is 0 Å². The van der Waals surface area contributed by atoms with Gasteiger partial charge in [0.2, 0.25) is 0 Å². The van der Waals surface area contributed by atoms with Crippen molar-refractivity contribution in [2.75, 3.05) is 13.1 Å². The van der Waals surface area contributed by atoms with Crippen molar-refractivity contribution < 1.29 is 9.53 Å². The van der Waals surface area contributed by atoms with Gasteiger partial charge in [0, 0.05) is 28.5 Å². The van der Waals surface area contributed by atoms with Crippen molar-refractivity contribution in [1.29, 1.82) is 0 Å². The van der Waals surface area contributed by atoms with E-state index in [4.69, 9.17) is 9.72 Å². The first-order valence-corrected chi connectivity index (χ1v) is 11.6. The largest absolute Gasteiger partial charge is 0.372 e. The Morgan fingerprint density at radius 2 is 1.68 bits per heavy atom. The zero-order valence-corrected chi connectivity index (χ0v) is 20.4. The fraction of sp³-hybridized carbons (Fsp3) is 0.385. The molecule has 0 bridgehead atoms. The summed E-state index contributed by atoms with van der Waals surface area (Å²) in [5, 5.41) is 0.862. The highest BCUT2D eigenvalue weighted by atomic mass is 79.9. The third-order valence-corrected chi connectivity index (χ3v) is 6.25. The molecule has 1 aliphatic heterocycles. The molecule has 0 aliphatic carbocycles. The van der Waals surface area contributed by atoms with Gasteiger partial charge >= 0.3 is 0 Å². The Hall–Kier alpha value is -2.24. The molecular weight excluding hydrogens is 452 g/mol. The van der Waals surface area contributed by atoms with Gasteiger partial charge in [-0.15, -0.1) is 0 Å². The van der Waals surface area contributed by atoms with E-state index in [9.17, 15) is 4.79 Å². The van der Waals surface area contributed by atoms with E-state index in [1.165, 1.54) is 5.56 Å². The monoisotopic (exact) mass is 480 g/mol. The second-order valence-corrected chi connectivity index (χ2v) is 10.4. The van der Waals surface area contributed by atoms with E-state index in [2.05, 4.69) is 61.0 Å². The van der Waals surface area contributed by atoms with E-state index in [1.807, 2.05) is 43.0 Å². The second kappa shape index (κ2) is 8.36. The first kappa shape index (κ1) is 22.0. The maximum Gasteiger partial charge on any atom is 0.254 e. The third-order valence-electron chi connectivity index (χ3n) is 5.75. The van der Waals surface area contributed by atoms with Crippen LogP contribution in [0.1, 0.15) is 50.5 Å². The highest BCUT2D eigenvalue weighted by Gasteiger charge is 2.28. The zero-order chi connectivity index (χ0) is 22.3. The predicted molar refractivity (Wildman–Crippen MR) is 129 cm³/mol. The minimum Gasteiger partial charge on any atom is -0.372 e. The first-order valence-electron chi connectivity index (χ1n) is 10.8. The van der Waals surface area contributed by atoms with Gasteiger partial charge in [-0.25, -0.2) is 4.98 Å². The van der Waals surface area contributed by atoms with Crippen LogP contribution in [0.4, 0.5) is 0 Å². The van der Waals surface area contributed by atoms with Crippen molar-refractivity contribution in [2.24, 2.45) is 0 Å². The lowest BCUT2D eigenvalue weighted by molar-refractivity contribution is -0.0585. The Labute approximate surface area is 192 Å². The fourth-order valence-corrected chi connectivity index (χ4v) is 4.54. The minimum absolute atomic E-state index is 0.0250. The Morgan fingerprint density at radius 3 is 2.29 bits per heavy atom. The maximum atomic E-state index is 13.6. The van der Waals surface area contributed by atoms with Crippen LogP contribution in [0.2, 0.25) is 0 Å². The van der Waals surface area contributed by atoms with Crippen molar-refractivity contribution in [1.82, 2.24) is 9.88 Å². The predicted octanol–water partition coefficient (Wildman–Crippen LogP) is 6.21. The summed E-state index contributed by atoms with van der Waals surface area (Å²) in [4.78, 5) is 20.4. The number of benzene rings is 2. The fourth-order valence-electron chi connectivity index (χ4n) is 4.18. The molecule has 1 aromatic heterocycles. The van der Waals surface area contributed by atoms with Crippen LogP contribution in [-0.2, 0) is 10.2 Å². The van der Waals surface area contributed by atoms with Crippen LogP contribution in [0.15, 0.2) is 53.0 Å². The lowest BCUT2D eigenvalue weighted by Gasteiger charge is -2.35. The molecule has 1 saturated heterocycles. The summed E-state index contributed by atoms with van der Waals surface area (Å²) in [6.07, 6.45) is 0.0499. The number of hydrogen-bond acceptors (Lipinski definition) is 3. The highest BCUT2D eigenvalue weighted by molar-refractivity contribution is 9.10. The van der Waals surface area contributed by atoms with E-state index in [-0.39, 0.29) is 23.5 Å². The molecule has 31 heavy (non-hydrogen) atoms.